The number of hydrogen-bond acceptors (Lipinski definition) is 7. The molecule has 0 bridgehead atoms. The molecule has 2 aromatic carbocycles. The maximum atomic E-state index is 6.34. The Balaban J connectivity index is 1.26. The summed E-state index contributed by atoms with van der Waals surface area (Å²) in [7, 11) is 0. The molecule has 1 saturated heterocycles. The second-order valence-electron chi connectivity index (χ2n) is 8.67. The van der Waals surface area contributed by atoms with Crippen molar-refractivity contribution in [2.45, 2.75) is 31.5 Å². The monoisotopic (exact) mass is 455 g/mol. The number of aromatic nitrogens is 4. The SMILES string of the molecule is C=C1[C@@H]2COC(c3ccccc3)O[C@H]2C[C@@H]1n1cnc2c(OCc3ccccc3)nc(N)nc21. The van der Waals surface area contributed by atoms with Crippen LogP contribution in [0.5, 0.6) is 5.88 Å². The highest BCUT2D eigenvalue weighted by Gasteiger charge is 2.44. The Morgan fingerprint density at radius 3 is 2.62 bits per heavy atom. The predicted molar refractivity (Wildman–Crippen MR) is 127 cm³/mol. The van der Waals surface area contributed by atoms with E-state index in [1.807, 2.05) is 65.2 Å². The normalized spacial score (nSPS) is 24.3. The Kier molecular flexibility index (Phi) is 5.24. The van der Waals surface area contributed by atoms with E-state index in [4.69, 9.17) is 19.9 Å². The van der Waals surface area contributed by atoms with E-state index < -0.39 is 0 Å². The molecule has 2 N–H and O–H groups in total. The number of hydrogen-bond donors (Lipinski definition) is 1. The van der Waals surface area contributed by atoms with E-state index in [0.29, 0.717) is 30.3 Å². The average molecular weight is 456 g/mol. The average Bonchev–Trinajstić information content (AvgIpc) is 3.44. The number of benzene rings is 2. The van der Waals surface area contributed by atoms with Crippen molar-refractivity contribution in [3.63, 3.8) is 0 Å². The Hall–Kier alpha value is -3.75. The van der Waals surface area contributed by atoms with Crippen molar-refractivity contribution in [1.29, 1.82) is 0 Å². The van der Waals surface area contributed by atoms with Crippen molar-refractivity contribution >= 4 is 17.1 Å². The molecule has 2 fully saturated rings. The van der Waals surface area contributed by atoms with Gasteiger partial charge in [-0.15, -0.1) is 0 Å². The summed E-state index contributed by atoms with van der Waals surface area (Å²) in [5.74, 6) is 0.618. The molecule has 1 aliphatic carbocycles. The van der Waals surface area contributed by atoms with Gasteiger partial charge in [-0.25, -0.2) is 4.98 Å². The fourth-order valence-corrected chi connectivity index (χ4v) is 4.81. The molecular formula is C26H25N5O3. The van der Waals surface area contributed by atoms with Crippen LogP contribution in [0.3, 0.4) is 0 Å². The van der Waals surface area contributed by atoms with Gasteiger partial charge in [0.25, 0.3) is 0 Å². The maximum absolute atomic E-state index is 6.34. The smallest absolute Gasteiger partial charge is 0.247 e. The van der Waals surface area contributed by atoms with Crippen molar-refractivity contribution in [3.05, 3.63) is 90.3 Å². The van der Waals surface area contributed by atoms with Crippen LogP contribution < -0.4 is 10.5 Å². The van der Waals surface area contributed by atoms with Gasteiger partial charge in [0.2, 0.25) is 11.8 Å². The first kappa shape index (κ1) is 20.8. The number of ether oxygens (including phenoxy) is 3. The lowest BCUT2D eigenvalue weighted by Gasteiger charge is -2.33. The number of nitrogen functional groups attached to an aromatic ring is 1. The summed E-state index contributed by atoms with van der Waals surface area (Å²) in [4.78, 5) is 13.4. The van der Waals surface area contributed by atoms with Gasteiger partial charge in [0.05, 0.1) is 25.1 Å². The molecule has 4 atom stereocenters. The van der Waals surface area contributed by atoms with Crippen molar-refractivity contribution in [2.75, 3.05) is 12.3 Å². The molecule has 3 heterocycles. The number of imidazole rings is 1. The van der Waals surface area contributed by atoms with Crippen LogP contribution in [0, 0.1) is 5.92 Å². The number of nitrogens with two attached hydrogens (primary N) is 1. The number of anilines is 1. The zero-order valence-electron chi connectivity index (χ0n) is 18.6. The van der Waals surface area contributed by atoms with Gasteiger partial charge < -0.3 is 24.5 Å². The van der Waals surface area contributed by atoms with Crippen molar-refractivity contribution in [2.24, 2.45) is 5.92 Å². The summed E-state index contributed by atoms with van der Waals surface area (Å²) in [6.07, 6.45) is 2.15. The van der Waals surface area contributed by atoms with Crippen LogP contribution in [0.4, 0.5) is 5.95 Å². The van der Waals surface area contributed by atoms with Crippen LogP contribution in [0.1, 0.15) is 29.9 Å². The molecule has 6 rings (SSSR count). The molecule has 34 heavy (non-hydrogen) atoms. The molecule has 1 aliphatic heterocycles. The lowest BCUT2D eigenvalue weighted by Crippen LogP contribution is -2.32. The Morgan fingerprint density at radius 2 is 1.82 bits per heavy atom. The third-order valence-corrected chi connectivity index (χ3v) is 6.57. The fourth-order valence-electron chi connectivity index (χ4n) is 4.81. The van der Waals surface area contributed by atoms with Crippen LogP contribution in [0.25, 0.3) is 11.2 Å². The fraction of sp³-hybridized carbons (Fsp3) is 0.269. The van der Waals surface area contributed by atoms with Crippen LogP contribution in [0.15, 0.2) is 79.1 Å². The van der Waals surface area contributed by atoms with Gasteiger partial charge in [-0.3, -0.25) is 0 Å². The maximum Gasteiger partial charge on any atom is 0.247 e. The minimum Gasteiger partial charge on any atom is -0.471 e. The number of nitrogens with zero attached hydrogens (tertiary/aromatic N) is 4. The lowest BCUT2D eigenvalue weighted by molar-refractivity contribution is -0.229. The highest BCUT2D eigenvalue weighted by atomic mass is 16.7. The summed E-state index contributed by atoms with van der Waals surface area (Å²) in [6.45, 7) is 5.32. The first-order valence-corrected chi connectivity index (χ1v) is 11.3. The third-order valence-electron chi connectivity index (χ3n) is 6.57. The predicted octanol–water partition coefficient (Wildman–Crippen LogP) is 4.22. The molecule has 0 spiro atoms. The summed E-state index contributed by atoms with van der Waals surface area (Å²) >= 11 is 0. The summed E-state index contributed by atoms with van der Waals surface area (Å²) < 4.78 is 20.4. The van der Waals surface area contributed by atoms with E-state index in [-0.39, 0.29) is 30.3 Å². The molecule has 2 aromatic heterocycles. The summed E-state index contributed by atoms with van der Waals surface area (Å²) in [5.41, 5.74) is 10.3. The highest BCUT2D eigenvalue weighted by Crippen LogP contribution is 2.46. The molecule has 1 saturated carbocycles. The molecule has 0 amide bonds. The van der Waals surface area contributed by atoms with Gasteiger partial charge in [-0.05, 0) is 17.6 Å². The first-order chi connectivity index (χ1) is 16.7. The van der Waals surface area contributed by atoms with Gasteiger partial charge in [-0.1, -0.05) is 67.2 Å². The number of fused-ring (bicyclic) bond motifs is 2. The van der Waals surface area contributed by atoms with Crippen molar-refractivity contribution in [3.8, 4) is 5.88 Å². The summed E-state index contributed by atoms with van der Waals surface area (Å²) in [5, 5.41) is 0. The van der Waals surface area contributed by atoms with Crippen LogP contribution in [0.2, 0.25) is 0 Å². The largest absolute Gasteiger partial charge is 0.471 e. The van der Waals surface area contributed by atoms with E-state index in [9.17, 15) is 0 Å². The second-order valence-corrected chi connectivity index (χ2v) is 8.67. The Morgan fingerprint density at radius 1 is 1.06 bits per heavy atom. The molecule has 1 unspecified atom stereocenters. The molecule has 2 aliphatic rings. The van der Waals surface area contributed by atoms with Crippen LogP contribution in [-0.4, -0.2) is 32.2 Å². The second kappa shape index (κ2) is 8.55. The molecule has 0 radical (unpaired) electrons. The van der Waals surface area contributed by atoms with Crippen molar-refractivity contribution in [1.82, 2.24) is 19.5 Å². The quantitative estimate of drug-likeness (QED) is 0.450. The van der Waals surface area contributed by atoms with E-state index in [1.54, 1.807) is 6.33 Å². The van der Waals surface area contributed by atoms with Gasteiger partial charge in [-0.2, -0.15) is 9.97 Å². The third kappa shape index (κ3) is 3.70. The summed E-state index contributed by atoms with van der Waals surface area (Å²) in [6, 6.07) is 19.9. The van der Waals surface area contributed by atoms with Crippen LogP contribution in [-0.2, 0) is 16.1 Å². The van der Waals surface area contributed by atoms with Crippen LogP contribution >= 0.6 is 0 Å². The van der Waals surface area contributed by atoms with E-state index in [0.717, 1.165) is 23.1 Å². The zero-order valence-corrected chi connectivity index (χ0v) is 18.6. The van der Waals surface area contributed by atoms with E-state index >= 15 is 0 Å². The first-order valence-electron chi connectivity index (χ1n) is 11.3. The molecule has 4 aromatic rings. The molecular weight excluding hydrogens is 430 g/mol. The topological polar surface area (TPSA) is 97.3 Å². The van der Waals surface area contributed by atoms with E-state index in [2.05, 4.69) is 21.5 Å². The van der Waals surface area contributed by atoms with Crippen molar-refractivity contribution < 1.29 is 14.2 Å². The van der Waals surface area contributed by atoms with E-state index in [1.165, 1.54) is 0 Å². The molecule has 8 nitrogen and oxygen atoms in total. The standard InChI is InChI=1S/C26H25N5O3/c1-16-19-14-33-25(18-10-6-3-7-11-18)34-21(19)12-20(16)31-15-28-22-23(31)29-26(27)30-24(22)32-13-17-8-4-2-5-9-17/h2-11,15,19-21,25H,1,12-14H2,(H2,27,29,30)/t19-,20-,21-,25?/m0/s1. The lowest BCUT2D eigenvalue weighted by atomic mass is 10.0. The van der Waals surface area contributed by atoms with Gasteiger partial charge >= 0.3 is 0 Å². The van der Waals surface area contributed by atoms with Gasteiger partial charge in [0, 0.05) is 11.5 Å². The molecule has 8 heteroatoms. The minimum absolute atomic E-state index is 0.00175. The van der Waals surface area contributed by atoms with Gasteiger partial charge in [0.1, 0.15) is 6.61 Å². The zero-order chi connectivity index (χ0) is 23.1. The highest BCUT2D eigenvalue weighted by molar-refractivity contribution is 5.78. The molecule has 172 valence electrons. The Labute approximate surface area is 197 Å². The minimum atomic E-state index is -0.371. The number of rotatable bonds is 5. The van der Waals surface area contributed by atoms with Gasteiger partial charge in [0.15, 0.2) is 17.5 Å². The Bertz CT molecular complexity index is 1320.